The van der Waals surface area contributed by atoms with Crippen molar-refractivity contribution in [1.29, 1.82) is 0 Å². The van der Waals surface area contributed by atoms with Crippen LogP contribution in [0.3, 0.4) is 0 Å². The van der Waals surface area contributed by atoms with Gasteiger partial charge in [0.1, 0.15) is 11.9 Å². The molecule has 0 amide bonds. The summed E-state index contributed by atoms with van der Waals surface area (Å²) in [5.74, 6) is 0.883. The number of benzene rings is 2. The normalized spacial score (nSPS) is 23.0. The highest BCUT2D eigenvalue weighted by molar-refractivity contribution is 5.44. The number of rotatable bonds is 2. The fourth-order valence-corrected chi connectivity index (χ4v) is 3.89. The van der Waals surface area contributed by atoms with Crippen molar-refractivity contribution in [2.24, 2.45) is 0 Å². The first kappa shape index (κ1) is 14.7. The SMILES string of the molecule is COc1ccc([C@H]2OC3(CCN(C)CC3)c3ccccc32)cc1. The van der Waals surface area contributed by atoms with Crippen LogP contribution in [0.15, 0.2) is 48.5 Å². The van der Waals surface area contributed by atoms with Crippen LogP contribution in [0.1, 0.15) is 35.6 Å². The van der Waals surface area contributed by atoms with E-state index in [2.05, 4.69) is 48.3 Å². The maximum absolute atomic E-state index is 6.70. The topological polar surface area (TPSA) is 21.7 Å². The molecule has 0 aromatic heterocycles. The van der Waals surface area contributed by atoms with Crippen molar-refractivity contribution in [3.05, 3.63) is 65.2 Å². The van der Waals surface area contributed by atoms with E-state index in [0.29, 0.717) is 0 Å². The second-order valence-electron chi connectivity index (χ2n) is 6.66. The Labute approximate surface area is 137 Å². The van der Waals surface area contributed by atoms with E-state index in [-0.39, 0.29) is 11.7 Å². The zero-order valence-electron chi connectivity index (χ0n) is 13.8. The molecule has 2 aliphatic heterocycles. The molecule has 0 saturated carbocycles. The highest BCUT2D eigenvalue weighted by Gasteiger charge is 2.46. The molecule has 1 spiro atoms. The van der Waals surface area contributed by atoms with Crippen molar-refractivity contribution in [3.8, 4) is 5.75 Å². The van der Waals surface area contributed by atoms with Crippen molar-refractivity contribution in [3.63, 3.8) is 0 Å². The summed E-state index contributed by atoms with van der Waals surface area (Å²) in [4.78, 5) is 2.39. The van der Waals surface area contributed by atoms with E-state index >= 15 is 0 Å². The Balaban J connectivity index is 1.72. The summed E-state index contributed by atoms with van der Waals surface area (Å²) in [5.41, 5.74) is 3.79. The highest BCUT2D eigenvalue weighted by Crippen LogP contribution is 2.51. The standard InChI is InChI=1S/C20H23NO2/c1-21-13-11-20(12-14-21)18-6-4-3-5-17(18)19(23-20)15-7-9-16(22-2)10-8-15/h3-10,19H,11-14H2,1-2H3/t19-/m1/s1. The van der Waals surface area contributed by atoms with Crippen LogP contribution in [0, 0.1) is 0 Å². The number of piperidine rings is 1. The van der Waals surface area contributed by atoms with Gasteiger partial charge in [-0.25, -0.2) is 0 Å². The fourth-order valence-electron chi connectivity index (χ4n) is 3.89. The summed E-state index contributed by atoms with van der Waals surface area (Å²) in [7, 11) is 3.89. The molecule has 1 fully saturated rings. The van der Waals surface area contributed by atoms with Gasteiger partial charge >= 0.3 is 0 Å². The molecule has 1 atom stereocenters. The minimum atomic E-state index is -0.117. The van der Waals surface area contributed by atoms with E-state index < -0.39 is 0 Å². The lowest BCUT2D eigenvalue weighted by molar-refractivity contribution is -0.0941. The first-order valence-corrected chi connectivity index (χ1v) is 8.32. The Morgan fingerprint density at radius 1 is 1.04 bits per heavy atom. The van der Waals surface area contributed by atoms with Crippen LogP contribution in [0.25, 0.3) is 0 Å². The maximum atomic E-state index is 6.70. The summed E-state index contributed by atoms with van der Waals surface area (Å²) in [6, 6.07) is 17.0. The second kappa shape index (κ2) is 5.66. The van der Waals surface area contributed by atoms with Crippen LogP contribution in [-0.2, 0) is 10.3 Å². The third kappa shape index (κ3) is 2.44. The smallest absolute Gasteiger partial charge is 0.118 e. The number of fused-ring (bicyclic) bond motifs is 2. The summed E-state index contributed by atoms with van der Waals surface area (Å²) >= 11 is 0. The van der Waals surface area contributed by atoms with Gasteiger partial charge in [-0.1, -0.05) is 36.4 Å². The molecule has 4 rings (SSSR count). The summed E-state index contributed by atoms with van der Waals surface area (Å²) in [6.07, 6.45) is 2.15. The van der Waals surface area contributed by atoms with Gasteiger partial charge in [-0.05, 0) is 48.7 Å². The molecule has 0 unspecified atom stereocenters. The van der Waals surface area contributed by atoms with Crippen molar-refractivity contribution in [1.82, 2.24) is 4.90 Å². The first-order valence-electron chi connectivity index (χ1n) is 8.32. The summed E-state index contributed by atoms with van der Waals surface area (Å²) < 4.78 is 12.0. The van der Waals surface area contributed by atoms with Crippen molar-refractivity contribution in [2.45, 2.75) is 24.5 Å². The minimum Gasteiger partial charge on any atom is -0.497 e. The Morgan fingerprint density at radius 3 is 2.43 bits per heavy atom. The van der Waals surface area contributed by atoms with Crippen molar-refractivity contribution >= 4 is 0 Å². The lowest BCUT2D eigenvalue weighted by Gasteiger charge is -2.38. The molecule has 0 N–H and O–H groups in total. The number of hydrogen-bond donors (Lipinski definition) is 0. The Bertz CT molecular complexity index is 687. The number of hydrogen-bond acceptors (Lipinski definition) is 3. The number of ether oxygens (including phenoxy) is 2. The molecular weight excluding hydrogens is 286 g/mol. The van der Waals surface area contributed by atoms with Gasteiger partial charge in [-0.15, -0.1) is 0 Å². The fraction of sp³-hybridized carbons (Fsp3) is 0.400. The molecule has 23 heavy (non-hydrogen) atoms. The van der Waals surface area contributed by atoms with E-state index in [0.717, 1.165) is 31.7 Å². The Kier molecular flexibility index (Phi) is 3.63. The van der Waals surface area contributed by atoms with Gasteiger partial charge in [0.25, 0.3) is 0 Å². The van der Waals surface area contributed by atoms with Crippen LogP contribution in [0.5, 0.6) is 5.75 Å². The van der Waals surface area contributed by atoms with E-state index in [1.807, 2.05) is 12.1 Å². The lowest BCUT2D eigenvalue weighted by atomic mass is 9.83. The van der Waals surface area contributed by atoms with Gasteiger partial charge in [-0.2, -0.15) is 0 Å². The van der Waals surface area contributed by atoms with Gasteiger partial charge in [0, 0.05) is 13.1 Å². The molecule has 0 radical (unpaired) electrons. The van der Waals surface area contributed by atoms with E-state index in [9.17, 15) is 0 Å². The minimum absolute atomic E-state index is 0.0283. The average molecular weight is 309 g/mol. The molecule has 2 aliphatic rings. The second-order valence-corrected chi connectivity index (χ2v) is 6.66. The molecule has 0 aliphatic carbocycles. The van der Waals surface area contributed by atoms with Crippen molar-refractivity contribution < 1.29 is 9.47 Å². The number of likely N-dealkylation sites (tertiary alicyclic amines) is 1. The van der Waals surface area contributed by atoms with Crippen LogP contribution < -0.4 is 4.74 Å². The predicted molar refractivity (Wildman–Crippen MR) is 90.8 cm³/mol. The molecule has 120 valence electrons. The summed E-state index contributed by atoms with van der Waals surface area (Å²) in [6.45, 7) is 2.17. The zero-order chi connectivity index (χ0) is 15.9. The molecule has 3 nitrogen and oxygen atoms in total. The van der Waals surface area contributed by atoms with Crippen LogP contribution in [-0.4, -0.2) is 32.1 Å². The quantitative estimate of drug-likeness (QED) is 0.843. The zero-order valence-corrected chi connectivity index (χ0v) is 13.8. The molecule has 2 aromatic rings. The van der Waals surface area contributed by atoms with E-state index in [1.165, 1.54) is 16.7 Å². The van der Waals surface area contributed by atoms with E-state index in [4.69, 9.17) is 9.47 Å². The molecule has 0 bridgehead atoms. The Morgan fingerprint density at radius 2 is 1.74 bits per heavy atom. The average Bonchev–Trinajstić information content (AvgIpc) is 2.93. The molecule has 1 saturated heterocycles. The molecule has 2 aromatic carbocycles. The van der Waals surface area contributed by atoms with Gasteiger partial charge in [-0.3, -0.25) is 0 Å². The largest absolute Gasteiger partial charge is 0.497 e. The first-order chi connectivity index (χ1) is 11.2. The predicted octanol–water partition coefficient (Wildman–Crippen LogP) is 3.74. The summed E-state index contributed by atoms with van der Waals surface area (Å²) in [5, 5.41) is 0. The van der Waals surface area contributed by atoms with Gasteiger partial charge in [0.2, 0.25) is 0 Å². The molecular formula is C20H23NO2. The van der Waals surface area contributed by atoms with Crippen LogP contribution in [0.2, 0.25) is 0 Å². The monoisotopic (exact) mass is 309 g/mol. The van der Waals surface area contributed by atoms with Crippen LogP contribution >= 0.6 is 0 Å². The molecule has 2 heterocycles. The van der Waals surface area contributed by atoms with E-state index in [1.54, 1.807) is 7.11 Å². The lowest BCUT2D eigenvalue weighted by Crippen LogP contribution is -2.40. The third-order valence-electron chi connectivity index (χ3n) is 5.29. The number of methoxy groups -OCH3 is 1. The van der Waals surface area contributed by atoms with Gasteiger partial charge in [0.05, 0.1) is 12.7 Å². The third-order valence-corrected chi connectivity index (χ3v) is 5.29. The van der Waals surface area contributed by atoms with Crippen molar-refractivity contribution in [2.75, 3.05) is 27.2 Å². The number of nitrogens with zero attached hydrogens (tertiary/aromatic N) is 1. The maximum Gasteiger partial charge on any atom is 0.118 e. The highest BCUT2D eigenvalue weighted by atomic mass is 16.5. The van der Waals surface area contributed by atoms with Crippen LogP contribution in [0.4, 0.5) is 0 Å². The Hall–Kier alpha value is -1.84. The van der Waals surface area contributed by atoms with Gasteiger partial charge < -0.3 is 14.4 Å². The van der Waals surface area contributed by atoms with Gasteiger partial charge in [0.15, 0.2) is 0 Å². The molecule has 3 heteroatoms.